The minimum Gasteiger partial charge on any atom is -0.480 e. The molecule has 0 aromatic carbocycles. The molecule has 0 aromatic rings. The van der Waals surface area contributed by atoms with Gasteiger partial charge in [0.2, 0.25) is 17.7 Å². The van der Waals surface area contributed by atoms with Crippen LogP contribution in [0.2, 0.25) is 0 Å². The summed E-state index contributed by atoms with van der Waals surface area (Å²) < 4.78 is 0. The summed E-state index contributed by atoms with van der Waals surface area (Å²) in [6, 6.07) is -2.74. The first-order valence-electron chi connectivity index (χ1n) is 8.92. The van der Waals surface area contributed by atoms with E-state index in [0.29, 0.717) is 31.6 Å². The number of unbranched alkanes of at least 4 members (excludes halogenated alkanes) is 1. The summed E-state index contributed by atoms with van der Waals surface area (Å²) in [5, 5.41) is 16.5. The van der Waals surface area contributed by atoms with Gasteiger partial charge in [-0.1, -0.05) is 0 Å². The van der Waals surface area contributed by atoms with E-state index in [9.17, 15) is 19.2 Å². The SMILES string of the molecule is CSCCC(NC(=O)C(N)CS)C(=O)NCC(=O)NC(CCCCN)C(=O)O. The highest BCUT2D eigenvalue weighted by Gasteiger charge is 2.24. The number of carbonyl (C=O) groups excluding carboxylic acids is 3. The molecule has 3 unspecified atom stereocenters. The number of rotatable bonds is 15. The van der Waals surface area contributed by atoms with Gasteiger partial charge in [-0.3, -0.25) is 14.4 Å². The maximum absolute atomic E-state index is 12.3. The van der Waals surface area contributed by atoms with E-state index in [1.165, 1.54) is 11.8 Å². The zero-order valence-corrected chi connectivity index (χ0v) is 17.7. The molecule has 0 spiro atoms. The highest BCUT2D eigenvalue weighted by atomic mass is 32.2. The minimum atomic E-state index is -1.15. The number of hydrogen-bond acceptors (Lipinski definition) is 8. The van der Waals surface area contributed by atoms with E-state index in [4.69, 9.17) is 16.6 Å². The number of nitrogens with two attached hydrogens (primary N) is 2. The van der Waals surface area contributed by atoms with Crippen LogP contribution in [0.1, 0.15) is 25.7 Å². The molecule has 3 amide bonds. The second kappa shape index (κ2) is 15.4. The van der Waals surface area contributed by atoms with Crippen LogP contribution in [-0.2, 0) is 19.2 Å². The van der Waals surface area contributed by atoms with Crippen molar-refractivity contribution in [3.8, 4) is 0 Å². The zero-order valence-electron chi connectivity index (χ0n) is 16.0. The molecule has 12 heteroatoms. The molecule has 0 aromatic heterocycles. The molecule has 0 aliphatic heterocycles. The van der Waals surface area contributed by atoms with E-state index in [2.05, 4.69) is 28.6 Å². The molecular formula is C16H31N5O5S2. The van der Waals surface area contributed by atoms with Gasteiger partial charge in [0.15, 0.2) is 0 Å². The molecule has 0 radical (unpaired) electrons. The lowest BCUT2D eigenvalue weighted by Gasteiger charge is -2.20. The van der Waals surface area contributed by atoms with Crippen LogP contribution < -0.4 is 27.4 Å². The van der Waals surface area contributed by atoms with Gasteiger partial charge < -0.3 is 32.5 Å². The van der Waals surface area contributed by atoms with Crippen molar-refractivity contribution in [1.82, 2.24) is 16.0 Å². The first kappa shape index (κ1) is 26.5. The summed E-state index contributed by atoms with van der Waals surface area (Å²) in [6.45, 7) is 0.0418. The van der Waals surface area contributed by atoms with Gasteiger partial charge >= 0.3 is 5.97 Å². The Hall–Kier alpha value is -1.50. The van der Waals surface area contributed by atoms with Crippen LogP contribution in [0.5, 0.6) is 0 Å². The van der Waals surface area contributed by atoms with Crippen LogP contribution in [0.15, 0.2) is 0 Å². The van der Waals surface area contributed by atoms with Crippen molar-refractivity contribution in [2.45, 2.75) is 43.8 Å². The maximum atomic E-state index is 12.3. The van der Waals surface area contributed by atoms with Crippen molar-refractivity contribution in [2.24, 2.45) is 11.5 Å². The van der Waals surface area contributed by atoms with Crippen LogP contribution in [-0.4, -0.2) is 77.8 Å². The summed E-state index contributed by atoms with van der Waals surface area (Å²) in [5.41, 5.74) is 11.0. The maximum Gasteiger partial charge on any atom is 0.326 e. The number of aliphatic carboxylic acids is 1. The Morgan fingerprint density at radius 1 is 1.07 bits per heavy atom. The number of thiol groups is 1. The highest BCUT2D eigenvalue weighted by molar-refractivity contribution is 7.98. The third-order valence-corrected chi connectivity index (χ3v) is 4.82. The third-order valence-electron chi connectivity index (χ3n) is 3.78. The van der Waals surface area contributed by atoms with Gasteiger partial charge in [0.1, 0.15) is 12.1 Å². The fourth-order valence-corrected chi connectivity index (χ4v) is 2.79. The second-order valence-electron chi connectivity index (χ2n) is 6.09. The topological polar surface area (TPSA) is 177 Å². The van der Waals surface area contributed by atoms with Crippen molar-refractivity contribution in [3.05, 3.63) is 0 Å². The fourth-order valence-electron chi connectivity index (χ4n) is 2.15. The molecule has 0 aliphatic carbocycles. The van der Waals surface area contributed by atoms with Crippen molar-refractivity contribution >= 4 is 48.1 Å². The Bertz CT molecular complexity index is 524. The summed E-state index contributed by atoms with van der Waals surface area (Å²) in [5.74, 6) is -2.09. The molecule has 162 valence electrons. The van der Waals surface area contributed by atoms with E-state index in [1.807, 2.05) is 6.26 Å². The molecular weight excluding hydrogens is 406 g/mol. The van der Waals surface area contributed by atoms with E-state index in [-0.39, 0.29) is 12.2 Å². The largest absolute Gasteiger partial charge is 0.480 e. The fraction of sp³-hybridized carbons (Fsp3) is 0.750. The molecule has 8 N–H and O–H groups in total. The van der Waals surface area contributed by atoms with Crippen LogP contribution in [0.4, 0.5) is 0 Å². The van der Waals surface area contributed by atoms with Gasteiger partial charge in [0.25, 0.3) is 0 Å². The van der Waals surface area contributed by atoms with Crippen LogP contribution >= 0.6 is 24.4 Å². The Labute approximate surface area is 174 Å². The van der Waals surface area contributed by atoms with Crippen molar-refractivity contribution < 1.29 is 24.3 Å². The molecule has 28 heavy (non-hydrogen) atoms. The highest BCUT2D eigenvalue weighted by Crippen LogP contribution is 2.03. The lowest BCUT2D eigenvalue weighted by Crippen LogP contribution is -2.54. The lowest BCUT2D eigenvalue weighted by atomic mass is 10.1. The predicted octanol–water partition coefficient (Wildman–Crippen LogP) is -1.70. The predicted molar refractivity (Wildman–Crippen MR) is 112 cm³/mol. The van der Waals surface area contributed by atoms with E-state index in [0.717, 1.165) is 0 Å². The van der Waals surface area contributed by atoms with Crippen LogP contribution in [0.3, 0.4) is 0 Å². The Kier molecular flexibility index (Phi) is 14.6. The number of hydrogen-bond donors (Lipinski definition) is 7. The van der Waals surface area contributed by atoms with Gasteiger partial charge in [0.05, 0.1) is 12.6 Å². The summed E-state index contributed by atoms with van der Waals surface area (Å²) in [6.07, 6.45) is 3.69. The number of thioether (sulfide) groups is 1. The quantitative estimate of drug-likeness (QED) is 0.117. The molecule has 0 bridgehead atoms. The van der Waals surface area contributed by atoms with Crippen LogP contribution in [0.25, 0.3) is 0 Å². The first-order chi connectivity index (χ1) is 13.3. The standard InChI is InChI=1S/C16H31N5O5S2/c1-28-7-5-11(21-14(23)10(18)9-27)15(24)19-8-13(22)20-12(16(25)26)4-2-3-6-17/h10-12,27H,2-9,17-18H2,1H3,(H,19,24)(H,20,22)(H,21,23)(H,25,26). The number of carboxylic acids is 1. The smallest absolute Gasteiger partial charge is 0.326 e. The zero-order chi connectivity index (χ0) is 21.5. The Balaban J connectivity index is 4.64. The van der Waals surface area contributed by atoms with Crippen LogP contribution in [0, 0.1) is 0 Å². The Morgan fingerprint density at radius 3 is 2.29 bits per heavy atom. The summed E-state index contributed by atoms with van der Waals surface area (Å²) >= 11 is 5.45. The number of carbonyl (C=O) groups is 4. The third kappa shape index (κ3) is 11.4. The lowest BCUT2D eigenvalue weighted by molar-refractivity contribution is -0.142. The normalized spacial score (nSPS) is 13.9. The van der Waals surface area contributed by atoms with Crippen molar-refractivity contribution in [3.63, 3.8) is 0 Å². The Morgan fingerprint density at radius 2 is 1.75 bits per heavy atom. The second-order valence-corrected chi connectivity index (χ2v) is 7.44. The van der Waals surface area contributed by atoms with E-state index in [1.54, 1.807) is 0 Å². The number of amides is 3. The molecule has 0 aliphatic rings. The van der Waals surface area contributed by atoms with Gasteiger partial charge in [-0.2, -0.15) is 24.4 Å². The van der Waals surface area contributed by atoms with Gasteiger partial charge in [-0.25, -0.2) is 4.79 Å². The van der Waals surface area contributed by atoms with Crippen molar-refractivity contribution in [2.75, 3.05) is 30.9 Å². The minimum absolute atomic E-state index is 0.131. The van der Waals surface area contributed by atoms with E-state index < -0.39 is 48.4 Å². The van der Waals surface area contributed by atoms with Gasteiger partial charge in [-0.05, 0) is 44.2 Å². The molecule has 0 rings (SSSR count). The molecule has 3 atom stereocenters. The summed E-state index contributed by atoms with van der Waals surface area (Å²) in [7, 11) is 0. The average molecular weight is 438 g/mol. The monoisotopic (exact) mass is 437 g/mol. The molecule has 0 saturated carbocycles. The number of carboxylic acid groups (broad SMARTS) is 1. The summed E-state index contributed by atoms with van der Waals surface area (Å²) in [4.78, 5) is 47.4. The molecule has 0 heterocycles. The average Bonchev–Trinajstić information content (AvgIpc) is 2.67. The number of nitrogens with one attached hydrogen (secondary N) is 3. The molecule has 0 saturated heterocycles. The van der Waals surface area contributed by atoms with E-state index >= 15 is 0 Å². The van der Waals surface area contributed by atoms with Crippen molar-refractivity contribution in [1.29, 1.82) is 0 Å². The van der Waals surface area contributed by atoms with Gasteiger partial charge in [0, 0.05) is 5.75 Å². The first-order valence-corrected chi connectivity index (χ1v) is 10.9. The molecule has 10 nitrogen and oxygen atoms in total. The molecule has 0 fully saturated rings. The van der Waals surface area contributed by atoms with Gasteiger partial charge in [-0.15, -0.1) is 0 Å².